The minimum absolute atomic E-state index is 0.0842. The van der Waals surface area contributed by atoms with Crippen LogP contribution in [-0.2, 0) is 4.79 Å². The molecular formula is C20H16N2O4. The number of carbonyl (C=O) groups excluding carboxylic acids is 1. The molecule has 0 N–H and O–H groups in total. The fourth-order valence-electron chi connectivity index (χ4n) is 2.57. The third-order valence-corrected chi connectivity index (χ3v) is 3.83. The highest BCUT2D eigenvalue weighted by Gasteiger charge is 2.24. The Hall–Kier alpha value is -3.59. The molecule has 6 heteroatoms. The topological polar surface area (TPSA) is 85.4 Å². The van der Waals surface area contributed by atoms with Gasteiger partial charge in [0.15, 0.2) is 28.8 Å². The van der Waals surface area contributed by atoms with E-state index in [0.717, 1.165) is 0 Å². The summed E-state index contributed by atoms with van der Waals surface area (Å²) in [6, 6.07) is 14.4. The molecule has 1 heterocycles. The first-order valence-corrected chi connectivity index (χ1v) is 7.86. The van der Waals surface area contributed by atoms with Gasteiger partial charge in [0, 0.05) is 5.56 Å². The van der Waals surface area contributed by atoms with Gasteiger partial charge in [0.2, 0.25) is 5.89 Å². The van der Waals surface area contributed by atoms with Crippen molar-refractivity contribution in [1.29, 1.82) is 5.26 Å². The second-order valence-corrected chi connectivity index (χ2v) is 5.40. The molecule has 1 unspecified atom stereocenters. The largest absolute Gasteiger partial charge is 0.493 e. The Kier molecular flexibility index (Phi) is 4.99. The molecule has 3 rings (SSSR count). The van der Waals surface area contributed by atoms with Gasteiger partial charge >= 0.3 is 0 Å². The molecule has 0 aliphatic heterocycles. The minimum Gasteiger partial charge on any atom is -0.493 e. The van der Waals surface area contributed by atoms with Crippen LogP contribution in [-0.4, -0.2) is 25.0 Å². The summed E-state index contributed by atoms with van der Waals surface area (Å²) in [7, 11) is 3.06. The van der Waals surface area contributed by atoms with Gasteiger partial charge in [-0.15, -0.1) is 0 Å². The van der Waals surface area contributed by atoms with Gasteiger partial charge in [0.25, 0.3) is 0 Å². The van der Waals surface area contributed by atoms with Gasteiger partial charge in [0.1, 0.15) is 5.52 Å². The average molecular weight is 348 g/mol. The number of ether oxygens (including phenoxy) is 2. The fraction of sp³-hybridized carbons (Fsp3) is 0.150. The van der Waals surface area contributed by atoms with E-state index in [9.17, 15) is 10.1 Å². The number of para-hydroxylation sites is 3. The first-order valence-electron chi connectivity index (χ1n) is 7.86. The summed E-state index contributed by atoms with van der Waals surface area (Å²) in [4.78, 5) is 16.7. The smallest absolute Gasteiger partial charge is 0.220 e. The number of ketones is 1. The van der Waals surface area contributed by atoms with Gasteiger partial charge in [-0.2, -0.15) is 5.26 Å². The molecule has 0 aliphatic carbocycles. The van der Waals surface area contributed by atoms with E-state index in [1.807, 2.05) is 12.1 Å². The number of hydrogen-bond acceptors (Lipinski definition) is 6. The lowest BCUT2D eigenvalue weighted by Crippen LogP contribution is -2.08. The molecule has 130 valence electrons. The van der Waals surface area contributed by atoms with Crippen LogP contribution in [0.15, 0.2) is 53.0 Å². The summed E-state index contributed by atoms with van der Waals surface area (Å²) in [6.45, 7) is 0. The lowest BCUT2D eigenvalue weighted by atomic mass is 10.0. The lowest BCUT2D eigenvalue weighted by Gasteiger charge is -2.09. The Balaban J connectivity index is 1.88. The van der Waals surface area contributed by atoms with E-state index in [1.54, 1.807) is 42.5 Å². The maximum atomic E-state index is 12.5. The predicted octanol–water partition coefficient (Wildman–Crippen LogP) is 3.73. The Morgan fingerprint density at radius 2 is 2.00 bits per heavy atom. The van der Waals surface area contributed by atoms with E-state index in [2.05, 4.69) is 4.98 Å². The maximum absolute atomic E-state index is 12.5. The number of aromatic nitrogens is 1. The van der Waals surface area contributed by atoms with Crippen LogP contribution in [0, 0.1) is 11.3 Å². The normalized spacial score (nSPS) is 12.0. The maximum Gasteiger partial charge on any atom is 0.220 e. The third-order valence-electron chi connectivity index (χ3n) is 3.83. The molecule has 1 aromatic heterocycles. The van der Waals surface area contributed by atoms with Crippen molar-refractivity contribution < 1.29 is 18.7 Å². The van der Waals surface area contributed by atoms with E-state index in [-0.39, 0.29) is 5.89 Å². The minimum atomic E-state index is -1.12. The average Bonchev–Trinajstić information content (AvgIpc) is 3.10. The summed E-state index contributed by atoms with van der Waals surface area (Å²) in [5, 5.41) is 9.41. The third kappa shape index (κ3) is 3.28. The van der Waals surface area contributed by atoms with Crippen molar-refractivity contribution in [2.75, 3.05) is 14.2 Å². The zero-order valence-electron chi connectivity index (χ0n) is 14.3. The molecule has 3 aromatic rings. The van der Waals surface area contributed by atoms with E-state index in [4.69, 9.17) is 13.9 Å². The molecule has 0 spiro atoms. The predicted molar refractivity (Wildman–Crippen MR) is 96.0 cm³/mol. The molecule has 2 aromatic carbocycles. The number of oxazole rings is 1. The monoisotopic (exact) mass is 348 g/mol. The Morgan fingerprint density at radius 1 is 1.19 bits per heavy atom. The van der Waals surface area contributed by atoms with Crippen molar-refractivity contribution >= 4 is 23.0 Å². The second-order valence-electron chi connectivity index (χ2n) is 5.40. The van der Waals surface area contributed by atoms with Crippen LogP contribution in [0.3, 0.4) is 0 Å². The molecule has 0 radical (unpaired) electrons. The molecule has 0 saturated carbocycles. The highest BCUT2D eigenvalue weighted by atomic mass is 16.5. The van der Waals surface area contributed by atoms with Gasteiger partial charge < -0.3 is 13.9 Å². The molecular weight excluding hydrogens is 332 g/mol. The van der Waals surface area contributed by atoms with Crippen LogP contribution in [0.5, 0.6) is 11.5 Å². The van der Waals surface area contributed by atoms with E-state index in [1.165, 1.54) is 20.3 Å². The summed E-state index contributed by atoms with van der Waals surface area (Å²) >= 11 is 0. The SMILES string of the molecule is COc1cccc(/C=C/C(=O)C(C#N)c2nc3ccccc3o2)c1OC. The molecule has 1 atom stereocenters. The van der Waals surface area contributed by atoms with Crippen molar-refractivity contribution in [3.63, 3.8) is 0 Å². The zero-order chi connectivity index (χ0) is 18.5. The van der Waals surface area contributed by atoms with Crippen LogP contribution < -0.4 is 9.47 Å². The van der Waals surface area contributed by atoms with E-state index >= 15 is 0 Å². The second kappa shape index (κ2) is 7.53. The first kappa shape index (κ1) is 17.2. The number of allylic oxidation sites excluding steroid dienone is 1. The summed E-state index contributed by atoms with van der Waals surface area (Å²) in [6.07, 6.45) is 2.90. The fourth-order valence-corrected chi connectivity index (χ4v) is 2.57. The number of nitrogens with zero attached hydrogens (tertiary/aromatic N) is 2. The number of rotatable bonds is 6. The van der Waals surface area contributed by atoms with Crippen molar-refractivity contribution in [1.82, 2.24) is 4.98 Å². The van der Waals surface area contributed by atoms with E-state index in [0.29, 0.717) is 28.2 Å². The first-order chi connectivity index (χ1) is 12.7. The van der Waals surface area contributed by atoms with E-state index < -0.39 is 11.7 Å². The molecule has 0 aliphatic rings. The highest BCUT2D eigenvalue weighted by Crippen LogP contribution is 2.31. The summed E-state index contributed by atoms with van der Waals surface area (Å²) < 4.78 is 16.1. The highest BCUT2D eigenvalue weighted by molar-refractivity contribution is 6.00. The zero-order valence-corrected chi connectivity index (χ0v) is 14.3. The van der Waals surface area contributed by atoms with Gasteiger partial charge in [-0.3, -0.25) is 4.79 Å². The van der Waals surface area contributed by atoms with Crippen LogP contribution in [0.2, 0.25) is 0 Å². The van der Waals surface area contributed by atoms with Crippen molar-refractivity contribution in [3.8, 4) is 17.6 Å². The van der Waals surface area contributed by atoms with Gasteiger partial charge in [-0.25, -0.2) is 4.98 Å². The van der Waals surface area contributed by atoms with Crippen LogP contribution >= 0.6 is 0 Å². The van der Waals surface area contributed by atoms with Gasteiger partial charge in [-0.05, 0) is 30.4 Å². The number of carbonyl (C=O) groups is 1. The number of hydrogen-bond donors (Lipinski definition) is 0. The molecule has 0 fully saturated rings. The molecule has 26 heavy (non-hydrogen) atoms. The Bertz CT molecular complexity index is 981. The molecule has 0 amide bonds. The molecule has 0 bridgehead atoms. The number of methoxy groups -OCH3 is 2. The standard InChI is InChI=1S/C20H16N2O4/c1-24-18-9-5-6-13(19(18)25-2)10-11-16(23)14(12-21)20-22-15-7-3-4-8-17(15)26-20/h3-11,14H,1-2H3/b11-10+. The van der Waals surface area contributed by atoms with Crippen LogP contribution in [0.25, 0.3) is 17.2 Å². The number of benzene rings is 2. The quantitative estimate of drug-likeness (QED) is 0.631. The van der Waals surface area contributed by atoms with Gasteiger partial charge in [0.05, 0.1) is 20.3 Å². The molecule has 6 nitrogen and oxygen atoms in total. The Morgan fingerprint density at radius 3 is 2.69 bits per heavy atom. The summed E-state index contributed by atoms with van der Waals surface area (Å²) in [5.41, 5.74) is 1.80. The van der Waals surface area contributed by atoms with Crippen LogP contribution in [0.1, 0.15) is 17.4 Å². The van der Waals surface area contributed by atoms with Gasteiger partial charge in [-0.1, -0.05) is 24.3 Å². The van der Waals surface area contributed by atoms with Crippen molar-refractivity contribution in [3.05, 3.63) is 60.0 Å². The number of nitriles is 1. The summed E-state index contributed by atoms with van der Waals surface area (Å²) in [5.74, 6) is -0.396. The lowest BCUT2D eigenvalue weighted by molar-refractivity contribution is -0.115. The molecule has 0 saturated heterocycles. The van der Waals surface area contributed by atoms with Crippen LogP contribution in [0.4, 0.5) is 0 Å². The van der Waals surface area contributed by atoms with Crippen molar-refractivity contribution in [2.24, 2.45) is 0 Å². The Labute approximate surface area is 150 Å². The van der Waals surface area contributed by atoms with Crippen molar-refractivity contribution in [2.45, 2.75) is 5.92 Å². The number of fused-ring (bicyclic) bond motifs is 1.